The van der Waals surface area contributed by atoms with Crippen LogP contribution in [-0.4, -0.2) is 42.1 Å². The molecule has 0 aromatic heterocycles. The minimum absolute atomic E-state index is 0.0587. The molecule has 3 unspecified atom stereocenters. The van der Waals surface area contributed by atoms with Gasteiger partial charge in [0.15, 0.2) is 0 Å². The number of nitrogens with two attached hydrogens (primary N) is 1. The molecule has 2 rings (SSSR count). The van der Waals surface area contributed by atoms with Crippen LogP contribution in [0.15, 0.2) is 0 Å². The second-order valence-electron chi connectivity index (χ2n) is 6.36. The highest BCUT2D eigenvalue weighted by Crippen LogP contribution is 2.21. The van der Waals surface area contributed by atoms with Crippen molar-refractivity contribution >= 4 is 5.91 Å². The summed E-state index contributed by atoms with van der Waals surface area (Å²) >= 11 is 0. The van der Waals surface area contributed by atoms with E-state index >= 15 is 0 Å². The lowest BCUT2D eigenvalue weighted by Crippen LogP contribution is -2.44. The van der Waals surface area contributed by atoms with E-state index in [-0.39, 0.29) is 24.2 Å². The van der Waals surface area contributed by atoms with Gasteiger partial charge in [-0.1, -0.05) is 32.1 Å². The molecule has 1 aliphatic heterocycles. The Labute approximate surface area is 123 Å². The molecule has 0 aromatic rings. The van der Waals surface area contributed by atoms with E-state index in [0.717, 1.165) is 38.8 Å². The molecule has 20 heavy (non-hydrogen) atoms. The smallest absolute Gasteiger partial charge is 0.251 e. The summed E-state index contributed by atoms with van der Waals surface area (Å²) in [6.07, 6.45) is 10.1. The third-order valence-electron chi connectivity index (χ3n) is 4.65. The zero-order valence-corrected chi connectivity index (χ0v) is 12.9. The molecule has 1 heterocycles. The predicted molar refractivity (Wildman–Crippen MR) is 80.4 cm³/mol. The Balaban J connectivity index is 1.85. The first kappa shape index (κ1) is 15.8. The van der Waals surface area contributed by atoms with Crippen LogP contribution in [0.25, 0.3) is 0 Å². The maximum Gasteiger partial charge on any atom is 0.251 e. The lowest BCUT2D eigenvalue weighted by molar-refractivity contribution is -0.147. The Hall–Kier alpha value is -0.610. The van der Waals surface area contributed by atoms with Crippen molar-refractivity contribution in [3.05, 3.63) is 0 Å². The zero-order valence-electron chi connectivity index (χ0n) is 12.9. The molecule has 1 amide bonds. The summed E-state index contributed by atoms with van der Waals surface area (Å²) in [7, 11) is 0. The van der Waals surface area contributed by atoms with E-state index in [9.17, 15) is 4.79 Å². The molecule has 0 spiro atoms. The zero-order chi connectivity index (χ0) is 14.4. The lowest BCUT2D eigenvalue weighted by atomic mass is 10.1. The highest BCUT2D eigenvalue weighted by Gasteiger charge is 2.28. The van der Waals surface area contributed by atoms with E-state index in [1.54, 1.807) is 0 Å². The van der Waals surface area contributed by atoms with Crippen LogP contribution < -0.4 is 5.73 Å². The van der Waals surface area contributed by atoms with Crippen LogP contribution in [0.2, 0.25) is 0 Å². The Bertz CT molecular complexity index is 301. The second kappa shape index (κ2) is 7.99. The first-order valence-corrected chi connectivity index (χ1v) is 8.38. The van der Waals surface area contributed by atoms with Gasteiger partial charge in [0.1, 0.15) is 6.10 Å². The normalized spacial score (nSPS) is 30.4. The van der Waals surface area contributed by atoms with E-state index in [2.05, 4.69) is 0 Å². The Morgan fingerprint density at radius 1 is 1.05 bits per heavy atom. The fraction of sp³-hybridized carbons (Fsp3) is 0.938. The molecule has 2 N–H and O–H groups in total. The van der Waals surface area contributed by atoms with Gasteiger partial charge < -0.3 is 15.4 Å². The summed E-state index contributed by atoms with van der Waals surface area (Å²) in [5, 5.41) is 0. The largest absolute Gasteiger partial charge is 0.364 e. The van der Waals surface area contributed by atoms with Gasteiger partial charge >= 0.3 is 0 Å². The summed E-state index contributed by atoms with van der Waals surface area (Å²) in [5.74, 6) is 0.156. The van der Waals surface area contributed by atoms with Crippen molar-refractivity contribution in [3.63, 3.8) is 0 Å². The second-order valence-corrected chi connectivity index (χ2v) is 6.36. The molecule has 3 atom stereocenters. The molecule has 1 saturated heterocycles. The molecule has 1 saturated carbocycles. The number of amides is 1. The number of ether oxygens (including phenoxy) is 1. The van der Waals surface area contributed by atoms with Gasteiger partial charge in [0.05, 0.1) is 6.10 Å². The number of hydrogen-bond acceptors (Lipinski definition) is 3. The third-order valence-corrected chi connectivity index (χ3v) is 4.65. The number of hydrogen-bond donors (Lipinski definition) is 1. The Kier molecular flexibility index (Phi) is 6.30. The first-order valence-electron chi connectivity index (χ1n) is 8.38. The minimum atomic E-state index is -0.345. The van der Waals surface area contributed by atoms with Crippen molar-refractivity contribution in [3.8, 4) is 0 Å². The molecule has 0 aromatic carbocycles. The van der Waals surface area contributed by atoms with Gasteiger partial charge in [-0.25, -0.2) is 0 Å². The Morgan fingerprint density at radius 2 is 1.65 bits per heavy atom. The molecular formula is C16H30N2O2. The predicted octanol–water partition coefficient (Wildman–Crippen LogP) is 2.45. The lowest BCUT2D eigenvalue weighted by Gasteiger charge is -2.29. The maximum absolute atomic E-state index is 12.5. The number of likely N-dealkylation sites (tertiary alicyclic amines) is 1. The summed E-state index contributed by atoms with van der Waals surface area (Å²) in [5.41, 5.74) is 6.18. The minimum Gasteiger partial charge on any atom is -0.364 e. The standard InChI is InChI=1S/C16H30N2O2/c1-13(16(19)18-11-7-2-3-8-12-18)20-15-10-6-4-5-9-14(15)17/h13-15H,2-12,17H2,1H3. The van der Waals surface area contributed by atoms with Gasteiger partial charge in [0.25, 0.3) is 5.91 Å². The van der Waals surface area contributed by atoms with Crippen molar-refractivity contribution in [2.24, 2.45) is 5.73 Å². The molecule has 2 fully saturated rings. The van der Waals surface area contributed by atoms with Crippen LogP contribution in [0.3, 0.4) is 0 Å². The SMILES string of the molecule is CC(OC1CCCCCC1N)C(=O)N1CCCCCC1. The Morgan fingerprint density at radius 3 is 2.35 bits per heavy atom. The van der Waals surface area contributed by atoms with Gasteiger partial charge in [0, 0.05) is 19.1 Å². The summed E-state index contributed by atoms with van der Waals surface area (Å²) in [6.45, 7) is 3.68. The molecule has 116 valence electrons. The van der Waals surface area contributed by atoms with Crippen LogP contribution in [-0.2, 0) is 9.53 Å². The van der Waals surface area contributed by atoms with Crippen molar-refractivity contribution in [1.29, 1.82) is 0 Å². The quantitative estimate of drug-likeness (QED) is 0.809. The summed E-state index contributed by atoms with van der Waals surface area (Å²) in [6, 6.07) is 0.0943. The molecule has 2 aliphatic rings. The van der Waals surface area contributed by atoms with Crippen LogP contribution in [0, 0.1) is 0 Å². The summed E-state index contributed by atoms with van der Waals surface area (Å²) in [4.78, 5) is 14.5. The van der Waals surface area contributed by atoms with Crippen LogP contribution in [0.5, 0.6) is 0 Å². The summed E-state index contributed by atoms with van der Waals surface area (Å²) < 4.78 is 6.02. The average Bonchev–Trinajstić information content (AvgIpc) is 2.82. The fourth-order valence-electron chi connectivity index (χ4n) is 3.34. The topological polar surface area (TPSA) is 55.6 Å². The first-order chi connectivity index (χ1) is 9.68. The third kappa shape index (κ3) is 4.45. The number of carbonyl (C=O) groups excluding carboxylic acids is 1. The monoisotopic (exact) mass is 282 g/mol. The molecule has 4 heteroatoms. The van der Waals surface area contributed by atoms with Crippen LogP contribution in [0.4, 0.5) is 0 Å². The van der Waals surface area contributed by atoms with Gasteiger partial charge in [-0.05, 0) is 32.6 Å². The van der Waals surface area contributed by atoms with Gasteiger partial charge in [-0.15, -0.1) is 0 Å². The molecule has 0 bridgehead atoms. The maximum atomic E-state index is 12.5. The van der Waals surface area contributed by atoms with Crippen molar-refractivity contribution in [1.82, 2.24) is 4.90 Å². The molecular weight excluding hydrogens is 252 g/mol. The molecule has 0 radical (unpaired) electrons. The van der Waals surface area contributed by atoms with E-state index in [1.165, 1.54) is 32.1 Å². The average molecular weight is 282 g/mol. The van der Waals surface area contributed by atoms with Gasteiger partial charge in [-0.2, -0.15) is 0 Å². The van der Waals surface area contributed by atoms with Gasteiger partial charge in [0.2, 0.25) is 0 Å². The number of nitrogens with zero attached hydrogens (tertiary/aromatic N) is 1. The van der Waals surface area contributed by atoms with Crippen LogP contribution in [0.1, 0.15) is 64.7 Å². The van der Waals surface area contributed by atoms with Crippen molar-refractivity contribution in [2.75, 3.05) is 13.1 Å². The van der Waals surface area contributed by atoms with Gasteiger partial charge in [-0.3, -0.25) is 4.79 Å². The van der Waals surface area contributed by atoms with Crippen molar-refractivity contribution in [2.45, 2.75) is 83.0 Å². The molecule has 4 nitrogen and oxygen atoms in total. The number of rotatable bonds is 3. The van der Waals surface area contributed by atoms with E-state index in [1.807, 2.05) is 11.8 Å². The van der Waals surface area contributed by atoms with Crippen LogP contribution >= 0.6 is 0 Å². The highest BCUT2D eigenvalue weighted by molar-refractivity contribution is 5.80. The van der Waals surface area contributed by atoms with Crippen molar-refractivity contribution < 1.29 is 9.53 Å². The number of carbonyl (C=O) groups is 1. The van der Waals surface area contributed by atoms with E-state index < -0.39 is 0 Å². The van der Waals surface area contributed by atoms with E-state index in [4.69, 9.17) is 10.5 Å². The highest BCUT2D eigenvalue weighted by atomic mass is 16.5. The molecule has 1 aliphatic carbocycles. The van der Waals surface area contributed by atoms with E-state index in [0.29, 0.717) is 0 Å². The fourth-order valence-corrected chi connectivity index (χ4v) is 3.34.